The van der Waals surface area contributed by atoms with Gasteiger partial charge in [0.05, 0.1) is 10.4 Å². The zero-order valence-electron chi connectivity index (χ0n) is 18.2. The Morgan fingerprint density at radius 2 is 1.56 bits per heavy atom. The summed E-state index contributed by atoms with van der Waals surface area (Å²) in [5, 5.41) is 1.08. The van der Waals surface area contributed by atoms with Crippen molar-refractivity contribution in [2.75, 3.05) is 0 Å². The molecule has 3 aromatic carbocycles. The van der Waals surface area contributed by atoms with Gasteiger partial charge >= 0.3 is 11.6 Å². The van der Waals surface area contributed by atoms with Gasteiger partial charge in [-0.3, -0.25) is 4.79 Å². The number of fused-ring (bicyclic) bond motifs is 2. The first-order chi connectivity index (χ1) is 16.3. The molecule has 0 aliphatic rings. The number of halogens is 1. The van der Waals surface area contributed by atoms with Crippen LogP contribution in [0, 0.1) is 13.8 Å². The van der Waals surface area contributed by atoms with Crippen LogP contribution in [-0.4, -0.2) is 5.97 Å². The molecule has 0 bridgehead atoms. The van der Waals surface area contributed by atoms with Crippen molar-refractivity contribution < 1.29 is 18.4 Å². The molecule has 0 radical (unpaired) electrons. The summed E-state index contributed by atoms with van der Waals surface area (Å²) in [6, 6.07) is 18.3. The van der Waals surface area contributed by atoms with Gasteiger partial charge in [-0.15, -0.1) is 0 Å². The third kappa shape index (κ3) is 3.68. The topological polar surface area (TPSA) is 86.7 Å². The van der Waals surface area contributed by atoms with Crippen molar-refractivity contribution in [3.05, 3.63) is 109 Å². The van der Waals surface area contributed by atoms with E-state index in [0.717, 1.165) is 11.1 Å². The highest BCUT2D eigenvalue weighted by atomic mass is 35.5. The Kier molecular flexibility index (Phi) is 5.30. The second kappa shape index (κ2) is 8.32. The first-order valence-electron chi connectivity index (χ1n) is 10.4. The molecule has 0 fully saturated rings. The van der Waals surface area contributed by atoms with Crippen LogP contribution < -0.4 is 15.8 Å². The largest absolute Gasteiger partial charge is 0.452 e. The summed E-state index contributed by atoms with van der Waals surface area (Å²) in [6.07, 6.45) is 0. The van der Waals surface area contributed by atoms with Crippen LogP contribution in [0.25, 0.3) is 33.3 Å². The van der Waals surface area contributed by atoms with Crippen LogP contribution in [-0.2, 0) is 0 Å². The van der Waals surface area contributed by atoms with Gasteiger partial charge < -0.3 is 13.6 Å². The molecule has 0 spiro atoms. The molecule has 5 aromatic rings. The highest BCUT2D eigenvalue weighted by molar-refractivity contribution is 6.33. The predicted molar refractivity (Wildman–Crippen MR) is 130 cm³/mol. The fourth-order valence-electron chi connectivity index (χ4n) is 3.70. The van der Waals surface area contributed by atoms with Gasteiger partial charge in [-0.2, -0.15) is 0 Å². The van der Waals surface area contributed by atoms with Crippen LogP contribution in [0.3, 0.4) is 0 Å². The molecule has 168 valence electrons. The second-order valence-electron chi connectivity index (χ2n) is 7.88. The maximum Gasteiger partial charge on any atom is 0.351 e. The number of aryl methyl sites for hydroxylation is 2. The minimum absolute atomic E-state index is 0.00937. The molecule has 2 aromatic heterocycles. The molecular formula is C27H17ClO6. The Bertz CT molecular complexity index is 1730. The number of carbonyl (C=O) groups excluding carboxylic acids is 1. The Balaban J connectivity index is 1.72. The summed E-state index contributed by atoms with van der Waals surface area (Å²) in [7, 11) is 0. The van der Waals surface area contributed by atoms with Crippen LogP contribution in [0.4, 0.5) is 0 Å². The second-order valence-corrected chi connectivity index (χ2v) is 8.28. The average Bonchev–Trinajstić information content (AvgIpc) is 2.82. The van der Waals surface area contributed by atoms with E-state index in [0.29, 0.717) is 27.1 Å². The third-order valence-electron chi connectivity index (χ3n) is 5.64. The lowest BCUT2D eigenvalue weighted by atomic mass is 10.0. The van der Waals surface area contributed by atoms with Gasteiger partial charge in [0.25, 0.3) is 0 Å². The monoisotopic (exact) mass is 472 g/mol. The summed E-state index contributed by atoms with van der Waals surface area (Å²) in [5.41, 5.74) is 1.05. The van der Waals surface area contributed by atoms with E-state index >= 15 is 0 Å². The first kappa shape index (κ1) is 21.7. The molecule has 5 rings (SSSR count). The summed E-state index contributed by atoms with van der Waals surface area (Å²) >= 11 is 6.37. The molecule has 0 saturated heterocycles. The Hall–Kier alpha value is -4.16. The van der Waals surface area contributed by atoms with Gasteiger partial charge in [-0.25, -0.2) is 9.59 Å². The summed E-state index contributed by atoms with van der Waals surface area (Å²) in [4.78, 5) is 39.0. The molecular weight excluding hydrogens is 456 g/mol. The van der Waals surface area contributed by atoms with E-state index in [1.165, 1.54) is 6.07 Å². The Labute approximate surface area is 198 Å². The summed E-state index contributed by atoms with van der Waals surface area (Å²) < 4.78 is 16.8. The zero-order chi connectivity index (χ0) is 24.0. The van der Waals surface area contributed by atoms with Crippen molar-refractivity contribution in [1.29, 1.82) is 0 Å². The van der Waals surface area contributed by atoms with Gasteiger partial charge in [-0.05, 0) is 61.4 Å². The van der Waals surface area contributed by atoms with Crippen molar-refractivity contribution in [2.45, 2.75) is 13.8 Å². The minimum atomic E-state index is -1.04. The highest BCUT2D eigenvalue weighted by Crippen LogP contribution is 2.36. The third-order valence-corrected chi connectivity index (χ3v) is 5.97. The van der Waals surface area contributed by atoms with Crippen molar-refractivity contribution in [3.63, 3.8) is 0 Å². The molecule has 34 heavy (non-hydrogen) atoms. The highest BCUT2D eigenvalue weighted by Gasteiger charge is 2.25. The fourth-order valence-corrected chi connectivity index (χ4v) is 3.92. The van der Waals surface area contributed by atoms with E-state index in [-0.39, 0.29) is 22.5 Å². The maximum absolute atomic E-state index is 13.5. The van der Waals surface area contributed by atoms with Crippen LogP contribution in [0.15, 0.2) is 85.2 Å². The number of hydrogen-bond donors (Lipinski definition) is 0. The fraction of sp³-hybridized carbons (Fsp3) is 0.0741. The Morgan fingerprint density at radius 1 is 0.853 bits per heavy atom. The Morgan fingerprint density at radius 3 is 2.35 bits per heavy atom. The number of hydrogen-bond acceptors (Lipinski definition) is 6. The number of esters is 1. The molecule has 0 aliphatic heterocycles. The van der Waals surface area contributed by atoms with E-state index in [2.05, 4.69) is 0 Å². The maximum atomic E-state index is 13.5. The molecule has 6 nitrogen and oxygen atoms in total. The number of benzene rings is 3. The van der Waals surface area contributed by atoms with Gasteiger partial charge in [0.1, 0.15) is 16.7 Å². The molecule has 0 N–H and O–H groups in total. The molecule has 0 aliphatic carbocycles. The number of ether oxygens (including phenoxy) is 1. The first-order valence-corrected chi connectivity index (χ1v) is 10.8. The summed E-state index contributed by atoms with van der Waals surface area (Å²) in [5.74, 6) is -1.41. The lowest BCUT2D eigenvalue weighted by Crippen LogP contribution is -2.22. The predicted octanol–water partition coefficient (Wildman–Crippen LogP) is 6.06. The molecule has 0 unspecified atom stereocenters. The van der Waals surface area contributed by atoms with E-state index < -0.39 is 17.0 Å². The van der Waals surface area contributed by atoms with E-state index in [1.54, 1.807) is 60.7 Å². The standard InChI is InChI=1S/C27H17ClO6/c1-14-11-18-22(12-15(14)2)32-24(17-8-4-5-9-20(17)28)25(23(18)29)34-27(31)19-13-16-7-3-6-10-21(16)33-26(19)30/h3-13H,1-2H3. The molecule has 7 heteroatoms. The number of para-hydroxylation sites is 1. The lowest BCUT2D eigenvalue weighted by molar-refractivity contribution is 0.0727. The van der Waals surface area contributed by atoms with Crippen molar-refractivity contribution in [1.82, 2.24) is 0 Å². The zero-order valence-corrected chi connectivity index (χ0v) is 18.9. The SMILES string of the molecule is Cc1cc2oc(-c3ccccc3Cl)c(OC(=O)c3cc4ccccc4oc3=O)c(=O)c2cc1C. The van der Waals surface area contributed by atoms with E-state index in [1.807, 2.05) is 13.8 Å². The van der Waals surface area contributed by atoms with Crippen LogP contribution >= 0.6 is 11.6 Å². The van der Waals surface area contributed by atoms with Gasteiger partial charge in [0.2, 0.25) is 11.2 Å². The van der Waals surface area contributed by atoms with Gasteiger partial charge in [0.15, 0.2) is 5.76 Å². The van der Waals surface area contributed by atoms with Crippen molar-refractivity contribution >= 4 is 39.5 Å². The minimum Gasteiger partial charge on any atom is -0.452 e. The molecule has 0 amide bonds. The number of rotatable bonds is 3. The van der Waals surface area contributed by atoms with Crippen LogP contribution in [0.2, 0.25) is 5.02 Å². The van der Waals surface area contributed by atoms with Gasteiger partial charge in [0, 0.05) is 10.9 Å². The van der Waals surface area contributed by atoms with Crippen molar-refractivity contribution in [3.8, 4) is 17.1 Å². The van der Waals surface area contributed by atoms with Crippen LogP contribution in [0.1, 0.15) is 21.5 Å². The smallest absolute Gasteiger partial charge is 0.351 e. The van der Waals surface area contributed by atoms with Gasteiger partial charge in [-0.1, -0.05) is 41.9 Å². The van der Waals surface area contributed by atoms with Crippen molar-refractivity contribution in [2.24, 2.45) is 0 Å². The normalized spacial score (nSPS) is 11.1. The molecule has 0 saturated carbocycles. The molecule has 0 atom stereocenters. The van der Waals surface area contributed by atoms with Crippen LogP contribution in [0.5, 0.6) is 5.75 Å². The molecule has 2 heterocycles. The summed E-state index contributed by atoms with van der Waals surface area (Å²) in [6.45, 7) is 3.76. The lowest BCUT2D eigenvalue weighted by Gasteiger charge is -2.12. The quantitative estimate of drug-likeness (QED) is 0.234. The van der Waals surface area contributed by atoms with E-state index in [9.17, 15) is 14.4 Å². The average molecular weight is 473 g/mol. The van der Waals surface area contributed by atoms with E-state index in [4.69, 9.17) is 25.2 Å². The number of carbonyl (C=O) groups is 1.